The monoisotopic (exact) mass is 227 g/mol. The fourth-order valence-corrected chi connectivity index (χ4v) is 0.897. The number of rotatable bonds is 1. The van der Waals surface area contributed by atoms with Gasteiger partial charge in [-0.2, -0.15) is 0 Å². The minimum absolute atomic E-state index is 0.0939. The molecule has 0 radical (unpaired) electrons. The molecule has 0 atom stereocenters. The first-order valence-electron chi connectivity index (χ1n) is 6.37. The summed E-state index contributed by atoms with van der Waals surface area (Å²) in [5.74, 6) is 1.21. The van der Waals surface area contributed by atoms with Crippen LogP contribution in [0.1, 0.15) is 79.8 Å². The molecule has 0 N–H and O–H groups in total. The van der Waals surface area contributed by atoms with E-state index in [-0.39, 0.29) is 5.41 Å². The lowest BCUT2D eigenvalue weighted by Gasteiger charge is -2.13. The fraction of sp³-hybridized carbons (Fsp3) is 0.786. The lowest BCUT2D eigenvalue weighted by Crippen LogP contribution is -2.11. The van der Waals surface area contributed by atoms with Crippen molar-refractivity contribution in [3.8, 4) is 0 Å². The van der Waals surface area contributed by atoms with E-state index >= 15 is 0 Å². The molecule has 0 fully saturated rings. The van der Waals surface area contributed by atoms with Crippen LogP contribution in [-0.4, -0.2) is 4.98 Å². The van der Waals surface area contributed by atoms with Crippen LogP contribution in [0.15, 0.2) is 10.7 Å². The highest BCUT2D eigenvalue weighted by Crippen LogP contribution is 2.23. The molecule has 96 valence electrons. The molecule has 1 rings (SSSR count). The van der Waals surface area contributed by atoms with E-state index in [9.17, 15) is 0 Å². The molecule has 0 spiro atoms. The van der Waals surface area contributed by atoms with Gasteiger partial charge in [-0.3, -0.25) is 0 Å². The van der Waals surface area contributed by atoms with Crippen molar-refractivity contribution in [2.45, 2.75) is 73.6 Å². The summed E-state index contributed by atoms with van der Waals surface area (Å²) in [5, 5.41) is 0. The summed E-state index contributed by atoms with van der Waals surface area (Å²) in [6.45, 7) is 18.6. The summed E-state index contributed by atoms with van der Waals surface area (Å²) in [4.78, 5) is 4.41. The van der Waals surface area contributed by atoms with Crippen molar-refractivity contribution in [2.24, 2.45) is 0 Å². The standard InChI is InChI=1S/C10H17NO.2C2H6/c1-7(2)9-11-8(6-12-9)10(3,4)5;2*1-2/h6-7H,1-5H3;2*1-2H3. The second kappa shape index (κ2) is 8.37. The van der Waals surface area contributed by atoms with Gasteiger partial charge in [0.05, 0.1) is 5.69 Å². The van der Waals surface area contributed by atoms with Gasteiger partial charge in [0, 0.05) is 11.3 Å². The smallest absolute Gasteiger partial charge is 0.196 e. The third-order valence-corrected chi connectivity index (χ3v) is 1.78. The maximum Gasteiger partial charge on any atom is 0.196 e. The van der Waals surface area contributed by atoms with Crippen LogP contribution in [0.2, 0.25) is 0 Å². The molecule has 1 aromatic heterocycles. The Morgan fingerprint density at radius 1 is 1.06 bits per heavy atom. The van der Waals surface area contributed by atoms with Crippen LogP contribution < -0.4 is 0 Å². The number of aromatic nitrogens is 1. The summed E-state index contributed by atoms with van der Waals surface area (Å²) in [5.41, 5.74) is 1.13. The highest BCUT2D eigenvalue weighted by atomic mass is 16.3. The Hall–Kier alpha value is -0.790. The third-order valence-electron chi connectivity index (χ3n) is 1.78. The molecule has 0 aliphatic heterocycles. The second-order valence-corrected chi connectivity index (χ2v) is 4.48. The Balaban J connectivity index is 0. The van der Waals surface area contributed by atoms with Crippen LogP contribution in [0.25, 0.3) is 0 Å². The molecule has 16 heavy (non-hydrogen) atoms. The van der Waals surface area contributed by atoms with E-state index in [0.29, 0.717) is 5.92 Å². The quantitative estimate of drug-likeness (QED) is 0.663. The molecule has 0 amide bonds. The van der Waals surface area contributed by atoms with Gasteiger partial charge in [0.25, 0.3) is 0 Å². The van der Waals surface area contributed by atoms with Crippen molar-refractivity contribution in [3.05, 3.63) is 17.8 Å². The van der Waals surface area contributed by atoms with Gasteiger partial charge >= 0.3 is 0 Å². The van der Waals surface area contributed by atoms with E-state index in [1.807, 2.05) is 27.7 Å². The zero-order chi connectivity index (χ0) is 13.4. The zero-order valence-corrected chi connectivity index (χ0v) is 12.5. The maximum absolute atomic E-state index is 5.34. The predicted octanol–water partition coefficient (Wildman–Crippen LogP) is 5.15. The highest BCUT2D eigenvalue weighted by Gasteiger charge is 2.19. The van der Waals surface area contributed by atoms with Crippen LogP contribution in [0, 0.1) is 0 Å². The van der Waals surface area contributed by atoms with Crippen molar-refractivity contribution in [1.82, 2.24) is 4.98 Å². The topological polar surface area (TPSA) is 26.0 Å². The van der Waals surface area contributed by atoms with E-state index in [0.717, 1.165) is 11.6 Å². The first-order chi connectivity index (χ1) is 7.41. The molecule has 0 saturated heterocycles. The summed E-state index contributed by atoms with van der Waals surface area (Å²) in [6, 6.07) is 0. The number of oxazole rings is 1. The molecule has 1 heterocycles. The molecule has 0 aromatic carbocycles. The van der Waals surface area contributed by atoms with E-state index in [4.69, 9.17) is 4.42 Å². The lowest BCUT2D eigenvalue weighted by molar-refractivity contribution is 0.469. The van der Waals surface area contributed by atoms with Crippen molar-refractivity contribution in [1.29, 1.82) is 0 Å². The van der Waals surface area contributed by atoms with Crippen molar-refractivity contribution in [2.75, 3.05) is 0 Å². The molecule has 0 unspecified atom stereocenters. The Bertz CT molecular complexity index is 256. The molecule has 0 aliphatic rings. The van der Waals surface area contributed by atoms with E-state index in [1.54, 1.807) is 6.26 Å². The van der Waals surface area contributed by atoms with Crippen molar-refractivity contribution < 1.29 is 4.42 Å². The van der Waals surface area contributed by atoms with Crippen molar-refractivity contribution in [3.63, 3.8) is 0 Å². The largest absolute Gasteiger partial charge is 0.448 e. The van der Waals surface area contributed by atoms with Gasteiger partial charge in [-0.25, -0.2) is 4.98 Å². The van der Waals surface area contributed by atoms with Gasteiger partial charge < -0.3 is 4.42 Å². The van der Waals surface area contributed by atoms with E-state index < -0.39 is 0 Å². The minimum atomic E-state index is 0.0939. The van der Waals surface area contributed by atoms with Gasteiger partial charge in [0.2, 0.25) is 0 Å². The lowest BCUT2D eigenvalue weighted by atomic mass is 9.93. The van der Waals surface area contributed by atoms with Crippen LogP contribution in [0.5, 0.6) is 0 Å². The minimum Gasteiger partial charge on any atom is -0.448 e. The first kappa shape index (κ1) is 17.6. The number of nitrogens with zero attached hydrogens (tertiary/aromatic N) is 1. The average Bonchev–Trinajstić information content (AvgIpc) is 2.72. The normalized spacial score (nSPS) is 10.1. The molecule has 0 saturated carbocycles. The van der Waals surface area contributed by atoms with Crippen LogP contribution in [0.3, 0.4) is 0 Å². The highest BCUT2D eigenvalue weighted by molar-refractivity contribution is 5.09. The molecule has 0 aliphatic carbocycles. The maximum atomic E-state index is 5.34. The van der Waals surface area contributed by atoms with Crippen LogP contribution >= 0.6 is 0 Å². The number of hydrogen-bond donors (Lipinski definition) is 0. The summed E-state index contributed by atoms with van der Waals surface area (Å²) in [7, 11) is 0. The van der Waals surface area contributed by atoms with E-state index in [2.05, 4.69) is 39.6 Å². The predicted molar refractivity (Wildman–Crippen MR) is 72.0 cm³/mol. The molecule has 0 bridgehead atoms. The molecule has 1 aromatic rings. The fourth-order valence-electron chi connectivity index (χ4n) is 0.897. The Kier molecular flexibility index (Phi) is 9.21. The summed E-state index contributed by atoms with van der Waals surface area (Å²) >= 11 is 0. The molecular weight excluding hydrogens is 198 g/mol. The van der Waals surface area contributed by atoms with Crippen LogP contribution in [0.4, 0.5) is 0 Å². The summed E-state index contributed by atoms with van der Waals surface area (Å²) in [6.07, 6.45) is 1.76. The van der Waals surface area contributed by atoms with Gasteiger partial charge in [-0.05, 0) is 0 Å². The summed E-state index contributed by atoms with van der Waals surface area (Å²) < 4.78 is 5.34. The van der Waals surface area contributed by atoms with Crippen LogP contribution in [-0.2, 0) is 5.41 Å². The average molecular weight is 227 g/mol. The SMILES string of the molecule is CC.CC.CC(C)c1nc(C(C)(C)C)co1. The van der Waals surface area contributed by atoms with Gasteiger partial charge in [-0.1, -0.05) is 62.3 Å². The Labute approximate surface area is 101 Å². The van der Waals surface area contributed by atoms with Gasteiger partial charge in [-0.15, -0.1) is 0 Å². The zero-order valence-electron chi connectivity index (χ0n) is 12.5. The van der Waals surface area contributed by atoms with Crippen molar-refractivity contribution >= 4 is 0 Å². The third kappa shape index (κ3) is 5.94. The first-order valence-corrected chi connectivity index (χ1v) is 6.37. The molecule has 2 nitrogen and oxygen atoms in total. The molecule has 2 heteroatoms. The Morgan fingerprint density at radius 3 is 1.69 bits per heavy atom. The molecular formula is C14H29NO. The second-order valence-electron chi connectivity index (χ2n) is 4.48. The van der Waals surface area contributed by atoms with Gasteiger partial charge in [0.1, 0.15) is 6.26 Å². The van der Waals surface area contributed by atoms with Gasteiger partial charge in [0.15, 0.2) is 5.89 Å². The Morgan fingerprint density at radius 2 is 1.50 bits per heavy atom. The van der Waals surface area contributed by atoms with E-state index in [1.165, 1.54) is 0 Å². The number of hydrogen-bond acceptors (Lipinski definition) is 2.